The third-order valence-corrected chi connectivity index (χ3v) is 3.08. The molecule has 13 heavy (non-hydrogen) atoms. The van der Waals surface area contributed by atoms with Gasteiger partial charge in [0.1, 0.15) is 0 Å². The second kappa shape index (κ2) is 6.00. The minimum absolute atomic E-state index is 0.571. The van der Waals surface area contributed by atoms with Crippen molar-refractivity contribution >= 4 is 11.8 Å². The summed E-state index contributed by atoms with van der Waals surface area (Å²) in [4.78, 5) is 3.98. The van der Waals surface area contributed by atoms with E-state index in [0.717, 1.165) is 18.7 Å². The molecule has 1 atom stereocenters. The summed E-state index contributed by atoms with van der Waals surface area (Å²) in [6.07, 6.45) is 4.79. The quantitative estimate of drug-likeness (QED) is 0.779. The van der Waals surface area contributed by atoms with Gasteiger partial charge in [-0.05, 0) is 29.9 Å². The molecule has 3 heteroatoms. The maximum absolute atomic E-state index is 5.52. The molecule has 0 amide bonds. The van der Waals surface area contributed by atoms with Gasteiger partial charge in [-0.25, -0.2) is 0 Å². The van der Waals surface area contributed by atoms with Gasteiger partial charge < -0.3 is 5.73 Å². The fraction of sp³-hybridized carbons (Fsp3) is 0.500. The summed E-state index contributed by atoms with van der Waals surface area (Å²) in [6.45, 7) is 2.93. The number of aromatic nitrogens is 1. The van der Waals surface area contributed by atoms with Gasteiger partial charge in [0.25, 0.3) is 0 Å². The molecular formula is C10H16N2S. The Morgan fingerprint density at radius 3 is 2.77 bits per heavy atom. The Kier molecular flexibility index (Phi) is 4.86. The SMILES string of the molecule is CC(CN)SCCc1ccncc1. The van der Waals surface area contributed by atoms with E-state index in [4.69, 9.17) is 5.73 Å². The fourth-order valence-electron chi connectivity index (χ4n) is 0.995. The Morgan fingerprint density at radius 1 is 1.46 bits per heavy atom. The number of thioether (sulfide) groups is 1. The van der Waals surface area contributed by atoms with E-state index in [2.05, 4.69) is 24.0 Å². The minimum Gasteiger partial charge on any atom is -0.329 e. The highest BCUT2D eigenvalue weighted by Gasteiger charge is 1.98. The van der Waals surface area contributed by atoms with Gasteiger partial charge in [0, 0.05) is 24.2 Å². The van der Waals surface area contributed by atoms with Crippen LogP contribution in [0, 0.1) is 0 Å². The third kappa shape index (κ3) is 4.29. The highest BCUT2D eigenvalue weighted by molar-refractivity contribution is 7.99. The van der Waals surface area contributed by atoms with E-state index in [-0.39, 0.29) is 0 Å². The van der Waals surface area contributed by atoms with Crippen molar-refractivity contribution in [2.45, 2.75) is 18.6 Å². The van der Waals surface area contributed by atoms with Gasteiger partial charge in [-0.1, -0.05) is 6.92 Å². The summed E-state index contributed by atoms with van der Waals surface area (Å²) in [5.74, 6) is 1.14. The van der Waals surface area contributed by atoms with Crippen molar-refractivity contribution in [3.63, 3.8) is 0 Å². The van der Waals surface area contributed by atoms with Gasteiger partial charge in [0.2, 0.25) is 0 Å². The van der Waals surface area contributed by atoms with E-state index in [9.17, 15) is 0 Å². The molecule has 0 saturated heterocycles. The number of hydrogen-bond donors (Lipinski definition) is 1. The molecule has 1 rings (SSSR count). The number of nitrogens with two attached hydrogens (primary N) is 1. The maximum atomic E-state index is 5.52. The van der Waals surface area contributed by atoms with Crippen molar-refractivity contribution in [1.29, 1.82) is 0 Å². The second-order valence-electron chi connectivity index (χ2n) is 3.02. The summed E-state index contributed by atoms with van der Waals surface area (Å²) in [7, 11) is 0. The first-order valence-corrected chi connectivity index (χ1v) is 5.58. The summed E-state index contributed by atoms with van der Waals surface area (Å²) in [5, 5.41) is 0.571. The van der Waals surface area contributed by atoms with Crippen LogP contribution in [0.5, 0.6) is 0 Å². The van der Waals surface area contributed by atoms with Crippen LogP contribution < -0.4 is 5.73 Å². The predicted octanol–water partition coefficient (Wildman–Crippen LogP) is 1.70. The first-order valence-electron chi connectivity index (χ1n) is 4.53. The first kappa shape index (κ1) is 10.5. The molecule has 2 nitrogen and oxygen atoms in total. The van der Waals surface area contributed by atoms with Crippen molar-refractivity contribution in [3.8, 4) is 0 Å². The van der Waals surface area contributed by atoms with E-state index in [1.807, 2.05) is 24.2 Å². The molecule has 0 fully saturated rings. The molecule has 0 aliphatic heterocycles. The monoisotopic (exact) mass is 196 g/mol. The number of nitrogens with zero attached hydrogens (tertiary/aromatic N) is 1. The van der Waals surface area contributed by atoms with Gasteiger partial charge in [-0.2, -0.15) is 11.8 Å². The predicted molar refractivity (Wildman–Crippen MR) is 58.9 cm³/mol. The van der Waals surface area contributed by atoms with Crippen LogP contribution in [0.15, 0.2) is 24.5 Å². The van der Waals surface area contributed by atoms with Gasteiger partial charge in [-0.3, -0.25) is 4.98 Å². The maximum Gasteiger partial charge on any atom is 0.0270 e. The van der Waals surface area contributed by atoms with Crippen molar-refractivity contribution in [2.24, 2.45) is 5.73 Å². The highest BCUT2D eigenvalue weighted by atomic mass is 32.2. The average molecular weight is 196 g/mol. The molecule has 0 spiro atoms. The topological polar surface area (TPSA) is 38.9 Å². The van der Waals surface area contributed by atoms with Crippen molar-refractivity contribution < 1.29 is 0 Å². The fourth-order valence-corrected chi connectivity index (χ4v) is 1.89. The average Bonchev–Trinajstić information content (AvgIpc) is 2.19. The molecule has 1 aromatic rings. The van der Waals surface area contributed by atoms with Gasteiger partial charge in [-0.15, -0.1) is 0 Å². The molecule has 2 N–H and O–H groups in total. The van der Waals surface area contributed by atoms with Crippen LogP contribution >= 0.6 is 11.8 Å². The zero-order chi connectivity index (χ0) is 9.52. The van der Waals surface area contributed by atoms with E-state index >= 15 is 0 Å². The van der Waals surface area contributed by atoms with E-state index in [1.54, 1.807) is 0 Å². The molecule has 0 radical (unpaired) electrons. The lowest BCUT2D eigenvalue weighted by atomic mass is 10.2. The van der Waals surface area contributed by atoms with Crippen LogP contribution in [-0.2, 0) is 6.42 Å². The van der Waals surface area contributed by atoms with Crippen molar-refractivity contribution in [3.05, 3.63) is 30.1 Å². The molecule has 1 heterocycles. The molecule has 0 aromatic carbocycles. The number of rotatable bonds is 5. The number of aryl methyl sites for hydroxylation is 1. The Labute approximate surface area is 83.9 Å². The van der Waals surface area contributed by atoms with E-state index in [0.29, 0.717) is 5.25 Å². The van der Waals surface area contributed by atoms with Crippen LogP contribution in [-0.4, -0.2) is 22.5 Å². The lowest BCUT2D eigenvalue weighted by Crippen LogP contribution is -2.13. The summed E-state index contributed by atoms with van der Waals surface area (Å²) in [6, 6.07) is 4.13. The molecule has 0 aliphatic carbocycles. The Balaban J connectivity index is 2.20. The zero-order valence-electron chi connectivity index (χ0n) is 7.94. The van der Waals surface area contributed by atoms with E-state index < -0.39 is 0 Å². The number of pyridine rings is 1. The normalized spacial score (nSPS) is 12.8. The zero-order valence-corrected chi connectivity index (χ0v) is 8.76. The minimum atomic E-state index is 0.571. The lowest BCUT2D eigenvalue weighted by Gasteiger charge is -2.07. The molecule has 1 unspecified atom stereocenters. The molecule has 0 aliphatic rings. The van der Waals surface area contributed by atoms with Gasteiger partial charge in [0.15, 0.2) is 0 Å². The second-order valence-corrected chi connectivity index (χ2v) is 4.57. The Hall–Kier alpha value is -0.540. The Bertz CT molecular complexity index is 226. The lowest BCUT2D eigenvalue weighted by molar-refractivity contribution is 0.948. The highest BCUT2D eigenvalue weighted by Crippen LogP contribution is 2.11. The number of hydrogen-bond acceptors (Lipinski definition) is 3. The van der Waals surface area contributed by atoms with Crippen LogP contribution in [0.3, 0.4) is 0 Å². The van der Waals surface area contributed by atoms with Crippen LogP contribution in [0.25, 0.3) is 0 Å². The van der Waals surface area contributed by atoms with Crippen LogP contribution in [0.2, 0.25) is 0 Å². The smallest absolute Gasteiger partial charge is 0.0270 e. The standard InChI is InChI=1S/C10H16N2S/c1-9(8-11)13-7-4-10-2-5-12-6-3-10/h2-3,5-6,9H,4,7-8,11H2,1H3. The third-order valence-electron chi connectivity index (χ3n) is 1.87. The van der Waals surface area contributed by atoms with Crippen LogP contribution in [0.4, 0.5) is 0 Å². The summed E-state index contributed by atoms with van der Waals surface area (Å²) in [5.41, 5.74) is 6.87. The largest absolute Gasteiger partial charge is 0.329 e. The van der Waals surface area contributed by atoms with Crippen molar-refractivity contribution in [1.82, 2.24) is 4.98 Å². The molecule has 0 bridgehead atoms. The molecule has 0 saturated carbocycles. The molecular weight excluding hydrogens is 180 g/mol. The summed E-state index contributed by atoms with van der Waals surface area (Å²) >= 11 is 1.93. The molecule has 1 aromatic heterocycles. The Morgan fingerprint density at radius 2 is 2.15 bits per heavy atom. The van der Waals surface area contributed by atoms with Gasteiger partial charge >= 0.3 is 0 Å². The summed E-state index contributed by atoms with van der Waals surface area (Å²) < 4.78 is 0. The van der Waals surface area contributed by atoms with Gasteiger partial charge in [0.05, 0.1) is 0 Å². The molecule has 72 valence electrons. The van der Waals surface area contributed by atoms with Crippen molar-refractivity contribution in [2.75, 3.05) is 12.3 Å². The van der Waals surface area contributed by atoms with Crippen LogP contribution in [0.1, 0.15) is 12.5 Å². The first-order chi connectivity index (χ1) is 6.33. The van der Waals surface area contributed by atoms with E-state index in [1.165, 1.54) is 5.56 Å².